The van der Waals surface area contributed by atoms with Gasteiger partial charge >= 0.3 is 0 Å². The maximum absolute atomic E-state index is 11.7. The number of nitrogens with one attached hydrogen (secondary N) is 2. The molecule has 1 unspecified atom stereocenters. The Labute approximate surface area is 111 Å². The first-order chi connectivity index (χ1) is 8.15. The van der Waals surface area contributed by atoms with Crippen molar-refractivity contribution < 1.29 is 4.79 Å². The number of benzene rings is 1. The number of likely N-dealkylation sites (N-methyl/N-ethyl adjacent to an activating group) is 1. The third-order valence-corrected chi connectivity index (χ3v) is 3.80. The average molecular weight is 273 g/mol. The number of halogens is 1. The van der Waals surface area contributed by atoms with Crippen LogP contribution < -0.4 is 10.6 Å². The summed E-state index contributed by atoms with van der Waals surface area (Å²) in [5.41, 5.74) is 0. The fourth-order valence-corrected chi connectivity index (χ4v) is 2.42. The minimum atomic E-state index is -0.147. The molecule has 0 radical (unpaired) electrons. The van der Waals surface area contributed by atoms with Gasteiger partial charge in [0.25, 0.3) is 0 Å². The van der Waals surface area contributed by atoms with Crippen molar-refractivity contribution in [1.29, 1.82) is 0 Å². The van der Waals surface area contributed by atoms with Gasteiger partial charge in [-0.15, -0.1) is 11.8 Å². The van der Waals surface area contributed by atoms with Crippen LogP contribution in [0.2, 0.25) is 5.02 Å². The van der Waals surface area contributed by atoms with Crippen molar-refractivity contribution >= 4 is 29.3 Å². The van der Waals surface area contributed by atoms with Gasteiger partial charge in [-0.2, -0.15) is 0 Å². The quantitative estimate of drug-likeness (QED) is 0.616. The van der Waals surface area contributed by atoms with E-state index in [-0.39, 0.29) is 11.2 Å². The van der Waals surface area contributed by atoms with Gasteiger partial charge in [0.05, 0.1) is 10.3 Å². The summed E-state index contributed by atoms with van der Waals surface area (Å²) in [4.78, 5) is 12.7. The lowest BCUT2D eigenvalue weighted by Gasteiger charge is -2.12. The molecule has 17 heavy (non-hydrogen) atoms. The SMILES string of the molecule is CNCCNC(=O)C(C)Sc1ccccc1Cl. The number of thioether (sulfide) groups is 1. The van der Waals surface area contributed by atoms with Gasteiger partial charge in [-0.1, -0.05) is 23.7 Å². The van der Waals surface area contributed by atoms with Crippen molar-refractivity contribution in [3.63, 3.8) is 0 Å². The number of rotatable bonds is 6. The average Bonchev–Trinajstić information content (AvgIpc) is 2.32. The van der Waals surface area contributed by atoms with E-state index in [2.05, 4.69) is 10.6 Å². The summed E-state index contributed by atoms with van der Waals surface area (Å²) in [6.45, 7) is 3.29. The Balaban J connectivity index is 2.46. The Kier molecular flexibility index (Phi) is 6.40. The van der Waals surface area contributed by atoms with Gasteiger partial charge in [0, 0.05) is 18.0 Å². The summed E-state index contributed by atoms with van der Waals surface area (Å²) >= 11 is 7.51. The Morgan fingerprint density at radius 3 is 2.76 bits per heavy atom. The molecule has 94 valence electrons. The molecule has 0 heterocycles. The number of hydrogen-bond acceptors (Lipinski definition) is 3. The van der Waals surface area contributed by atoms with E-state index in [1.54, 1.807) is 0 Å². The Morgan fingerprint density at radius 1 is 1.41 bits per heavy atom. The Bertz CT molecular complexity index is 373. The molecular formula is C12H17ClN2OS. The van der Waals surface area contributed by atoms with Crippen molar-refractivity contribution in [3.05, 3.63) is 29.3 Å². The molecule has 0 saturated carbocycles. The van der Waals surface area contributed by atoms with Crippen molar-refractivity contribution in [3.8, 4) is 0 Å². The molecule has 0 aliphatic heterocycles. The first-order valence-corrected chi connectivity index (χ1v) is 6.74. The van der Waals surface area contributed by atoms with Gasteiger partial charge < -0.3 is 10.6 Å². The van der Waals surface area contributed by atoms with Crippen molar-refractivity contribution in [2.45, 2.75) is 17.1 Å². The van der Waals surface area contributed by atoms with E-state index in [1.807, 2.05) is 38.2 Å². The van der Waals surface area contributed by atoms with Crippen LogP contribution in [0.5, 0.6) is 0 Å². The molecule has 0 aromatic heterocycles. The van der Waals surface area contributed by atoms with E-state index < -0.39 is 0 Å². The summed E-state index contributed by atoms with van der Waals surface area (Å²) in [5.74, 6) is 0.0326. The minimum absolute atomic E-state index is 0.0326. The summed E-state index contributed by atoms with van der Waals surface area (Å²) in [5, 5.41) is 6.38. The molecule has 2 N–H and O–H groups in total. The zero-order valence-electron chi connectivity index (χ0n) is 10.00. The summed E-state index contributed by atoms with van der Waals surface area (Å²) < 4.78 is 0. The standard InChI is InChI=1S/C12H17ClN2OS/c1-9(12(16)15-8-7-14-2)17-11-6-4-3-5-10(11)13/h3-6,9,14H,7-8H2,1-2H3,(H,15,16). The highest BCUT2D eigenvalue weighted by Crippen LogP contribution is 2.29. The molecule has 0 bridgehead atoms. The number of carbonyl (C=O) groups is 1. The zero-order valence-corrected chi connectivity index (χ0v) is 11.6. The molecule has 5 heteroatoms. The maximum Gasteiger partial charge on any atom is 0.233 e. The highest BCUT2D eigenvalue weighted by atomic mass is 35.5. The predicted octanol–water partition coefficient (Wildman–Crippen LogP) is 2.16. The third-order valence-electron chi connectivity index (χ3n) is 2.18. The fraction of sp³-hybridized carbons (Fsp3) is 0.417. The molecule has 0 spiro atoms. The molecule has 1 amide bonds. The van der Waals surface area contributed by atoms with Crippen LogP contribution in [0.15, 0.2) is 29.2 Å². The largest absolute Gasteiger partial charge is 0.354 e. The Morgan fingerprint density at radius 2 is 2.12 bits per heavy atom. The Hall–Kier alpha value is -0.710. The molecule has 1 atom stereocenters. The minimum Gasteiger partial charge on any atom is -0.354 e. The summed E-state index contributed by atoms with van der Waals surface area (Å²) in [6, 6.07) is 7.55. The van der Waals surface area contributed by atoms with E-state index in [1.165, 1.54) is 11.8 Å². The lowest BCUT2D eigenvalue weighted by Crippen LogP contribution is -2.35. The molecular weight excluding hydrogens is 256 g/mol. The van der Waals surface area contributed by atoms with Gasteiger partial charge in [-0.3, -0.25) is 4.79 Å². The smallest absolute Gasteiger partial charge is 0.233 e. The van der Waals surface area contributed by atoms with E-state index in [9.17, 15) is 4.79 Å². The normalized spacial score (nSPS) is 12.2. The molecule has 1 aromatic rings. The van der Waals surface area contributed by atoms with Gasteiger partial charge in [-0.05, 0) is 26.1 Å². The van der Waals surface area contributed by atoms with Crippen molar-refractivity contribution in [1.82, 2.24) is 10.6 Å². The second-order valence-corrected chi connectivity index (χ2v) is 5.37. The molecule has 0 aliphatic rings. The molecule has 1 aromatic carbocycles. The van der Waals surface area contributed by atoms with Crippen molar-refractivity contribution in [2.75, 3.05) is 20.1 Å². The number of amides is 1. The van der Waals surface area contributed by atoms with Crippen LogP contribution >= 0.6 is 23.4 Å². The highest BCUT2D eigenvalue weighted by Gasteiger charge is 2.14. The van der Waals surface area contributed by atoms with E-state index in [4.69, 9.17) is 11.6 Å². The second-order valence-electron chi connectivity index (χ2n) is 3.59. The molecule has 0 aliphatic carbocycles. The summed E-state index contributed by atoms with van der Waals surface area (Å²) in [6.07, 6.45) is 0. The molecule has 0 fully saturated rings. The van der Waals surface area contributed by atoms with Crippen LogP contribution in [-0.2, 0) is 4.79 Å². The van der Waals surface area contributed by atoms with Crippen molar-refractivity contribution in [2.24, 2.45) is 0 Å². The molecule has 0 saturated heterocycles. The van der Waals surface area contributed by atoms with Gasteiger partial charge in [0.1, 0.15) is 0 Å². The van der Waals surface area contributed by atoms with Gasteiger partial charge in [0.15, 0.2) is 0 Å². The zero-order chi connectivity index (χ0) is 12.7. The first-order valence-electron chi connectivity index (χ1n) is 5.48. The van der Waals surface area contributed by atoms with Gasteiger partial charge in [0.2, 0.25) is 5.91 Å². The lowest BCUT2D eigenvalue weighted by molar-refractivity contribution is -0.120. The lowest BCUT2D eigenvalue weighted by atomic mass is 10.4. The van der Waals surface area contributed by atoms with Crippen LogP contribution in [0.25, 0.3) is 0 Å². The van der Waals surface area contributed by atoms with Crippen LogP contribution in [0, 0.1) is 0 Å². The first kappa shape index (κ1) is 14.4. The highest BCUT2D eigenvalue weighted by molar-refractivity contribution is 8.00. The molecule has 3 nitrogen and oxygen atoms in total. The number of carbonyl (C=O) groups excluding carboxylic acids is 1. The van der Waals surface area contributed by atoms with E-state index >= 15 is 0 Å². The molecule has 1 rings (SSSR count). The van der Waals surface area contributed by atoms with Crippen LogP contribution in [0.1, 0.15) is 6.92 Å². The van der Waals surface area contributed by atoms with Crippen LogP contribution in [0.3, 0.4) is 0 Å². The topological polar surface area (TPSA) is 41.1 Å². The van der Waals surface area contributed by atoms with E-state index in [0.29, 0.717) is 11.6 Å². The number of hydrogen-bond donors (Lipinski definition) is 2. The third kappa shape index (κ3) is 4.98. The fourth-order valence-electron chi connectivity index (χ4n) is 1.24. The summed E-state index contributed by atoms with van der Waals surface area (Å²) in [7, 11) is 1.86. The second kappa shape index (κ2) is 7.58. The maximum atomic E-state index is 11.7. The van der Waals surface area contributed by atoms with Gasteiger partial charge in [-0.25, -0.2) is 0 Å². The monoisotopic (exact) mass is 272 g/mol. The van der Waals surface area contributed by atoms with Crippen LogP contribution in [-0.4, -0.2) is 31.3 Å². The van der Waals surface area contributed by atoms with E-state index in [0.717, 1.165) is 11.4 Å². The van der Waals surface area contributed by atoms with Crippen LogP contribution in [0.4, 0.5) is 0 Å². The predicted molar refractivity (Wildman–Crippen MR) is 73.7 cm³/mol.